The third kappa shape index (κ3) is 4.65. The highest BCUT2D eigenvalue weighted by molar-refractivity contribution is 5.42. The lowest BCUT2D eigenvalue weighted by atomic mass is 10.2. The van der Waals surface area contributed by atoms with Crippen LogP contribution in [0.5, 0.6) is 0 Å². The van der Waals surface area contributed by atoms with E-state index in [4.69, 9.17) is 4.98 Å². The maximum Gasteiger partial charge on any atom is 0.128 e. The number of aryl methyl sites for hydroxylation is 1. The van der Waals surface area contributed by atoms with E-state index in [1.807, 2.05) is 0 Å². The fourth-order valence-corrected chi connectivity index (χ4v) is 1.89. The number of hydrogen-bond acceptors (Lipinski definition) is 3. The molecule has 0 aliphatic carbocycles. The lowest BCUT2D eigenvalue weighted by Gasteiger charge is -2.19. The Morgan fingerprint density at radius 3 is 2.61 bits per heavy atom. The maximum absolute atomic E-state index is 4.71. The van der Waals surface area contributed by atoms with Gasteiger partial charge in [0.2, 0.25) is 0 Å². The van der Waals surface area contributed by atoms with E-state index in [1.54, 1.807) is 0 Å². The van der Waals surface area contributed by atoms with Gasteiger partial charge >= 0.3 is 0 Å². The molecule has 102 valence electrons. The molecule has 0 fully saturated rings. The van der Waals surface area contributed by atoms with Crippen molar-refractivity contribution in [3.63, 3.8) is 0 Å². The first-order valence-corrected chi connectivity index (χ1v) is 7.12. The van der Waals surface area contributed by atoms with Crippen LogP contribution in [0.4, 0.5) is 5.82 Å². The highest BCUT2D eigenvalue weighted by Crippen LogP contribution is 2.15. The Hall–Kier alpha value is -1.09. The molecule has 0 aliphatic heterocycles. The van der Waals surface area contributed by atoms with Crippen molar-refractivity contribution in [3.8, 4) is 0 Å². The van der Waals surface area contributed by atoms with Crippen molar-refractivity contribution in [2.24, 2.45) is 0 Å². The van der Waals surface area contributed by atoms with E-state index >= 15 is 0 Å². The standard InChI is InChI=1S/C15H27N3/c1-5-8-9-18(4)15-11-13(12-16-7-3)10-14(6-2)17-15/h10-11,16H,5-9,12H2,1-4H3. The topological polar surface area (TPSA) is 28.2 Å². The van der Waals surface area contributed by atoms with Crippen LogP contribution in [-0.2, 0) is 13.0 Å². The van der Waals surface area contributed by atoms with Crippen LogP contribution in [-0.4, -0.2) is 25.1 Å². The van der Waals surface area contributed by atoms with Gasteiger partial charge in [0.25, 0.3) is 0 Å². The van der Waals surface area contributed by atoms with Gasteiger partial charge in [0.15, 0.2) is 0 Å². The third-order valence-corrected chi connectivity index (χ3v) is 3.10. The number of unbranched alkanes of at least 4 members (excludes halogenated alkanes) is 1. The van der Waals surface area contributed by atoms with Crippen molar-refractivity contribution in [1.29, 1.82) is 0 Å². The molecule has 0 radical (unpaired) electrons. The highest BCUT2D eigenvalue weighted by atomic mass is 15.2. The first-order valence-electron chi connectivity index (χ1n) is 7.12. The monoisotopic (exact) mass is 249 g/mol. The summed E-state index contributed by atoms with van der Waals surface area (Å²) in [5.74, 6) is 1.11. The molecule has 0 saturated heterocycles. The molecular formula is C15H27N3. The second-order valence-corrected chi connectivity index (χ2v) is 4.73. The fourth-order valence-electron chi connectivity index (χ4n) is 1.89. The molecule has 0 saturated carbocycles. The van der Waals surface area contributed by atoms with Gasteiger partial charge in [0.05, 0.1) is 0 Å². The number of nitrogens with zero attached hydrogens (tertiary/aromatic N) is 2. The van der Waals surface area contributed by atoms with Gasteiger partial charge in [-0.3, -0.25) is 0 Å². The van der Waals surface area contributed by atoms with E-state index < -0.39 is 0 Å². The Morgan fingerprint density at radius 2 is 2.00 bits per heavy atom. The van der Waals surface area contributed by atoms with Crippen LogP contribution in [0.1, 0.15) is 44.9 Å². The van der Waals surface area contributed by atoms with E-state index in [0.29, 0.717) is 0 Å². The second kappa shape index (κ2) is 8.09. The number of anilines is 1. The second-order valence-electron chi connectivity index (χ2n) is 4.73. The average Bonchev–Trinajstić information content (AvgIpc) is 2.41. The Kier molecular flexibility index (Phi) is 6.73. The van der Waals surface area contributed by atoms with Gasteiger partial charge in [-0.05, 0) is 37.1 Å². The molecule has 0 bridgehead atoms. The van der Waals surface area contributed by atoms with Crippen LogP contribution in [0.25, 0.3) is 0 Å². The minimum atomic E-state index is 0.931. The third-order valence-electron chi connectivity index (χ3n) is 3.10. The van der Waals surface area contributed by atoms with Crippen LogP contribution in [0, 0.1) is 0 Å². The van der Waals surface area contributed by atoms with Crippen molar-refractivity contribution < 1.29 is 0 Å². The van der Waals surface area contributed by atoms with Crippen molar-refractivity contribution in [2.45, 2.75) is 46.6 Å². The summed E-state index contributed by atoms with van der Waals surface area (Å²) in [5.41, 5.74) is 2.52. The van der Waals surface area contributed by atoms with Gasteiger partial charge in [-0.15, -0.1) is 0 Å². The number of pyridine rings is 1. The molecular weight excluding hydrogens is 222 g/mol. The Bertz CT molecular complexity index is 350. The summed E-state index contributed by atoms with van der Waals surface area (Å²) in [6.07, 6.45) is 3.44. The summed E-state index contributed by atoms with van der Waals surface area (Å²) in [7, 11) is 2.13. The van der Waals surface area contributed by atoms with Gasteiger partial charge < -0.3 is 10.2 Å². The molecule has 0 unspecified atom stereocenters. The molecule has 1 rings (SSSR count). The quantitative estimate of drug-likeness (QED) is 0.767. The zero-order chi connectivity index (χ0) is 13.4. The Morgan fingerprint density at radius 1 is 1.22 bits per heavy atom. The predicted molar refractivity (Wildman–Crippen MR) is 79.2 cm³/mol. The fraction of sp³-hybridized carbons (Fsp3) is 0.667. The number of nitrogens with one attached hydrogen (secondary N) is 1. The molecule has 0 atom stereocenters. The van der Waals surface area contributed by atoms with Gasteiger partial charge in [-0.1, -0.05) is 27.2 Å². The molecule has 1 aromatic rings. The van der Waals surface area contributed by atoms with E-state index in [9.17, 15) is 0 Å². The van der Waals surface area contributed by atoms with Crippen LogP contribution in [0.3, 0.4) is 0 Å². The van der Waals surface area contributed by atoms with E-state index in [2.05, 4.69) is 50.2 Å². The molecule has 1 heterocycles. The zero-order valence-electron chi connectivity index (χ0n) is 12.3. The largest absolute Gasteiger partial charge is 0.360 e. The minimum absolute atomic E-state index is 0.931. The van der Waals surface area contributed by atoms with Crippen LogP contribution in [0.2, 0.25) is 0 Å². The van der Waals surface area contributed by atoms with Crippen molar-refractivity contribution in [3.05, 3.63) is 23.4 Å². The summed E-state index contributed by atoms with van der Waals surface area (Å²) in [4.78, 5) is 6.97. The highest BCUT2D eigenvalue weighted by Gasteiger charge is 2.06. The number of hydrogen-bond donors (Lipinski definition) is 1. The molecule has 3 heteroatoms. The van der Waals surface area contributed by atoms with Crippen LogP contribution in [0.15, 0.2) is 12.1 Å². The summed E-state index contributed by atoms with van der Waals surface area (Å²) in [6, 6.07) is 4.41. The van der Waals surface area contributed by atoms with E-state index in [-0.39, 0.29) is 0 Å². The van der Waals surface area contributed by atoms with Crippen LogP contribution >= 0.6 is 0 Å². The summed E-state index contributed by atoms with van der Waals surface area (Å²) in [6.45, 7) is 9.54. The summed E-state index contributed by atoms with van der Waals surface area (Å²) in [5, 5.41) is 3.38. The minimum Gasteiger partial charge on any atom is -0.360 e. The van der Waals surface area contributed by atoms with Crippen LogP contribution < -0.4 is 10.2 Å². The van der Waals surface area contributed by atoms with Gasteiger partial charge in [-0.25, -0.2) is 4.98 Å². The molecule has 0 spiro atoms. The summed E-state index contributed by atoms with van der Waals surface area (Å²) < 4.78 is 0. The molecule has 1 N–H and O–H groups in total. The summed E-state index contributed by atoms with van der Waals surface area (Å²) >= 11 is 0. The van der Waals surface area contributed by atoms with Gasteiger partial charge in [-0.2, -0.15) is 0 Å². The maximum atomic E-state index is 4.71. The van der Waals surface area contributed by atoms with E-state index in [1.165, 1.54) is 24.1 Å². The predicted octanol–water partition coefficient (Wildman–Crippen LogP) is 2.99. The number of aromatic nitrogens is 1. The molecule has 0 amide bonds. The number of rotatable bonds is 8. The van der Waals surface area contributed by atoms with Crippen molar-refractivity contribution >= 4 is 5.82 Å². The Labute approximate surface area is 112 Å². The van der Waals surface area contributed by atoms with Gasteiger partial charge in [0.1, 0.15) is 5.82 Å². The lowest BCUT2D eigenvalue weighted by Crippen LogP contribution is -2.21. The Balaban J connectivity index is 2.81. The average molecular weight is 249 g/mol. The lowest BCUT2D eigenvalue weighted by molar-refractivity contribution is 0.720. The zero-order valence-corrected chi connectivity index (χ0v) is 12.3. The molecule has 0 aromatic carbocycles. The normalized spacial score (nSPS) is 10.7. The molecule has 1 aromatic heterocycles. The smallest absolute Gasteiger partial charge is 0.128 e. The molecule has 18 heavy (non-hydrogen) atoms. The SMILES string of the molecule is CCCCN(C)c1cc(CNCC)cc(CC)n1. The van der Waals surface area contributed by atoms with Gasteiger partial charge in [0, 0.05) is 25.8 Å². The van der Waals surface area contributed by atoms with Crippen molar-refractivity contribution in [1.82, 2.24) is 10.3 Å². The molecule has 3 nitrogen and oxygen atoms in total. The molecule has 0 aliphatic rings. The van der Waals surface area contributed by atoms with Crippen molar-refractivity contribution in [2.75, 3.05) is 25.0 Å². The first-order chi connectivity index (χ1) is 8.71. The first kappa shape index (κ1) is 15.0. The van der Waals surface area contributed by atoms with E-state index in [0.717, 1.165) is 31.9 Å².